The highest BCUT2D eigenvalue weighted by molar-refractivity contribution is 5.79. The van der Waals surface area contributed by atoms with E-state index in [0.717, 1.165) is 54.8 Å². The molecule has 0 atom stereocenters. The van der Waals surface area contributed by atoms with Gasteiger partial charge in [-0.2, -0.15) is 0 Å². The first-order valence-electron chi connectivity index (χ1n) is 10.1. The maximum atomic E-state index is 12.7. The highest BCUT2D eigenvalue weighted by atomic mass is 16.5. The number of hydrogen-bond acceptors (Lipinski definition) is 7. The number of carbonyl (C=O) groups is 1. The van der Waals surface area contributed by atoms with Crippen LogP contribution in [0.3, 0.4) is 0 Å². The van der Waals surface area contributed by atoms with Crippen LogP contribution in [0.1, 0.15) is 36.3 Å². The van der Waals surface area contributed by atoms with Crippen LogP contribution < -0.4 is 9.80 Å². The zero-order valence-electron chi connectivity index (χ0n) is 16.7. The molecule has 4 heterocycles. The number of carbonyl (C=O) groups excluding carboxylic acids is 1. The van der Waals surface area contributed by atoms with Crippen LogP contribution >= 0.6 is 0 Å². The number of anilines is 2. The molecule has 150 valence electrons. The van der Waals surface area contributed by atoms with Crippen molar-refractivity contribution >= 4 is 17.5 Å². The molecule has 2 saturated heterocycles. The van der Waals surface area contributed by atoms with Gasteiger partial charge < -0.3 is 19.2 Å². The molecule has 0 aliphatic carbocycles. The predicted octanol–water partition coefficient (Wildman–Crippen LogP) is 1.96. The first kappa shape index (κ1) is 18.7. The topological polar surface area (TPSA) is 78.6 Å². The van der Waals surface area contributed by atoms with Crippen molar-refractivity contribution in [2.24, 2.45) is 0 Å². The summed E-state index contributed by atoms with van der Waals surface area (Å²) in [5.41, 5.74) is 1.71. The van der Waals surface area contributed by atoms with Crippen LogP contribution in [-0.2, 0) is 11.2 Å². The van der Waals surface area contributed by atoms with E-state index in [2.05, 4.69) is 31.0 Å². The number of nitrogens with zero attached hydrogens (tertiary/aromatic N) is 6. The monoisotopic (exact) mass is 384 g/mol. The van der Waals surface area contributed by atoms with Crippen molar-refractivity contribution in [3.63, 3.8) is 0 Å². The molecule has 28 heavy (non-hydrogen) atoms. The number of piperidine rings is 1. The first-order valence-corrected chi connectivity index (χ1v) is 10.1. The van der Waals surface area contributed by atoms with E-state index in [0.29, 0.717) is 19.5 Å². The number of aromatic nitrogens is 3. The maximum Gasteiger partial charge on any atom is 0.227 e. The van der Waals surface area contributed by atoms with Crippen molar-refractivity contribution in [1.82, 2.24) is 20.0 Å². The normalized spacial score (nSPS) is 17.9. The molecule has 2 aliphatic heterocycles. The highest BCUT2D eigenvalue weighted by Gasteiger charge is 2.24. The van der Waals surface area contributed by atoms with E-state index >= 15 is 0 Å². The minimum Gasteiger partial charge on any atom is -0.361 e. The molecule has 0 spiro atoms. The summed E-state index contributed by atoms with van der Waals surface area (Å²) in [6.07, 6.45) is 5.77. The number of piperazine rings is 1. The Labute approximate surface area is 165 Å². The van der Waals surface area contributed by atoms with Gasteiger partial charge in [0, 0.05) is 50.9 Å². The van der Waals surface area contributed by atoms with E-state index < -0.39 is 0 Å². The Morgan fingerprint density at radius 1 is 0.964 bits per heavy atom. The van der Waals surface area contributed by atoms with Crippen molar-refractivity contribution in [1.29, 1.82) is 0 Å². The summed E-state index contributed by atoms with van der Waals surface area (Å²) < 4.78 is 5.17. The maximum absolute atomic E-state index is 12.7. The largest absolute Gasteiger partial charge is 0.361 e. The molecule has 2 aromatic heterocycles. The minimum atomic E-state index is 0.130. The van der Waals surface area contributed by atoms with Gasteiger partial charge >= 0.3 is 0 Å². The van der Waals surface area contributed by atoms with E-state index in [1.54, 1.807) is 6.33 Å². The summed E-state index contributed by atoms with van der Waals surface area (Å²) in [4.78, 5) is 28.1. The van der Waals surface area contributed by atoms with E-state index in [9.17, 15) is 4.79 Å². The molecule has 0 N–H and O–H groups in total. The number of aryl methyl sites for hydroxylation is 2. The van der Waals surface area contributed by atoms with Crippen molar-refractivity contribution in [2.45, 2.75) is 39.5 Å². The lowest BCUT2D eigenvalue weighted by molar-refractivity contribution is -0.130. The van der Waals surface area contributed by atoms with Crippen LogP contribution in [0.15, 0.2) is 16.9 Å². The zero-order valence-corrected chi connectivity index (χ0v) is 16.7. The van der Waals surface area contributed by atoms with Crippen molar-refractivity contribution in [3.05, 3.63) is 29.4 Å². The van der Waals surface area contributed by atoms with Gasteiger partial charge in [0.05, 0.1) is 12.1 Å². The van der Waals surface area contributed by atoms with Crippen LogP contribution in [0.25, 0.3) is 0 Å². The third-order valence-corrected chi connectivity index (χ3v) is 5.78. The molecule has 1 amide bonds. The molecule has 8 heteroatoms. The Morgan fingerprint density at radius 2 is 1.61 bits per heavy atom. The second-order valence-corrected chi connectivity index (χ2v) is 7.63. The molecule has 0 saturated carbocycles. The Morgan fingerprint density at radius 3 is 2.21 bits per heavy atom. The van der Waals surface area contributed by atoms with E-state index in [1.165, 1.54) is 19.3 Å². The summed E-state index contributed by atoms with van der Waals surface area (Å²) in [5.74, 6) is 2.83. The Hall–Kier alpha value is -2.64. The summed E-state index contributed by atoms with van der Waals surface area (Å²) in [6, 6.07) is 2.09. The zero-order chi connectivity index (χ0) is 19.5. The van der Waals surface area contributed by atoms with Crippen molar-refractivity contribution in [2.75, 3.05) is 49.1 Å². The van der Waals surface area contributed by atoms with E-state index in [-0.39, 0.29) is 5.91 Å². The van der Waals surface area contributed by atoms with Crippen LogP contribution in [0.4, 0.5) is 11.6 Å². The molecule has 0 unspecified atom stereocenters. The minimum absolute atomic E-state index is 0.130. The molecular weight excluding hydrogens is 356 g/mol. The van der Waals surface area contributed by atoms with Gasteiger partial charge in [-0.25, -0.2) is 9.97 Å². The molecule has 4 rings (SSSR count). The quantitative estimate of drug-likeness (QED) is 0.797. The van der Waals surface area contributed by atoms with Gasteiger partial charge in [0.15, 0.2) is 0 Å². The van der Waals surface area contributed by atoms with Crippen LogP contribution in [0.2, 0.25) is 0 Å². The fraction of sp³-hybridized carbons (Fsp3) is 0.600. The number of hydrogen-bond donors (Lipinski definition) is 0. The second kappa shape index (κ2) is 8.16. The summed E-state index contributed by atoms with van der Waals surface area (Å²) >= 11 is 0. The van der Waals surface area contributed by atoms with Gasteiger partial charge in [0.2, 0.25) is 5.91 Å². The lowest BCUT2D eigenvalue weighted by atomic mass is 10.1. The molecule has 2 aromatic rings. The SMILES string of the molecule is Cc1noc(C)c1CC(=O)N1CCN(c2cc(N3CCCCC3)ncn2)CC1. The number of rotatable bonds is 4. The predicted molar refractivity (Wildman–Crippen MR) is 107 cm³/mol. The lowest BCUT2D eigenvalue weighted by Crippen LogP contribution is -2.49. The van der Waals surface area contributed by atoms with Crippen LogP contribution in [0.5, 0.6) is 0 Å². The van der Waals surface area contributed by atoms with E-state index in [1.807, 2.05) is 18.7 Å². The Kier molecular flexibility index (Phi) is 5.45. The van der Waals surface area contributed by atoms with Crippen LogP contribution in [0, 0.1) is 13.8 Å². The fourth-order valence-corrected chi connectivity index (χ4v) is 4.01. The Bertz CT molecular complexity index is 802. The van der Waals surface area contributed by atoms with Gasteiger partial charge in [0.25, 0.3) is 0 Å². The van der Waals surface area contributed by atoms with Crippen molar-refractivity contribution in [3.8, 4) is 0 Å². The fourth-order valence-electron chi connectivity index (χ4n) is 4.01. The molecule has 2 fully saturated rings. The summed E-state index contributed by atoms with van der Waals surface area (Å²) in [5, 5.41) is 3.94. The van der Waals surface area contributed by atoms with Crippen LogP contribution in [-0.4, -0.2) is 65.2 Å². The van der Waals surface area contributed by atoms with Gasteiger partial charge in [-0.1, -0.05) is 5.16 Å². The van der Waals surface area contributed by atoms with Crippen molar-refractivity contribution < 1.29 is 9.32 Å². The van der Waals surface area contributed by atoms with E-state index in [4.69, 9.17) is 4.52 Å². The van der Waals surface area contributed by atoms with Gasteiger partial charge in [-0.3, -0.25) is 4.79 Å². The third kappa shape index (κ3) is 3.95. The average molecular weight is 384 g/mol. The van der Waals surface area contributed by atoms with Gasteiger partial charge in [0.1, 0.15) is 23.7 Å². The lowest BCUT2D eigenvalue weighted by Gasteiger charge is -2.36. The smallest absolute Gasteiger partial charge is 0.227 e. The highest BCUT2D eigenvalue weighted by Crippen LogP contribution is 2.22. The molecule has 8 nitrogen and oxygen atoms in total. The summed E-state index contributed by atoms with van der Waals surface area (Å²) in [7, 11) is 0. The third-order valence-electron chi connectivity index (χ3n) is 5.78. The summed E-state index contributed by atoms with van der Waals surface area (Å²) in [6.45, 7) is 8.84. The first-order chi connectivity index (χ1) is 13.6. The molecule has 0 radical (unpaired) electrons. The average Bonchev–Trinajstić information content (AvgIpc) is 3.06. The molecule has 0 bridgehead atoms. The second-order valence-electron chi connectivity index (χ2n) is 7.63. The standard InChI is InChI=1S/C20H28N6O2/c1-15-17(16(2)28-23-15)12-20(27)26-10-8-25(9-11-26)19-13-18(21-14-22-19)24-6-4-3-5-7-24/h13-14H,3-12H2,1-2H3. The molecular formula is C20H28N6O2. The Balaban J connectivity index is 1.35. The van der Waals surface area contributed by atoms with Gasteiger partial charge in [-0.05, 0) is 33.1 Å². The molecule has 0 aromatic carbocycles. The van der Waals surface area contributed by atoms with Gasteiger partial charge in [-0.15, -0.1) is 0 Å². The number of amides is 1. The molecule has 2 aliphatic rings.